The van der Waals surface area contributed by atoms with E-state index in [1.54, 1.807) is 6.92 Å². The summed E-state index contributed by atoms with van der Waals surface area (Å²) < 4.78 is 5.01. The fraction of sp³-hybridized carbons (Fsp3) is 0.417. The summed E-state index contributed by atoms with van der Waals surface area (Å²) in [6, 6.07) is 10.2. The maximum absolute atomic E-state index is 11.1. The summed E-state index contributed by atoms with van der Waals surface area (Å²) in [4.78, 5) is 11.1. The Bertz CT molecular complexity index is 296. The second-order valence-corrected chi connectivity index (χ2v) is 4.21. The van der Waals surface area contributed by atoms with Crippen molar-refractivity contribution in [1.82, 2.24) is 0 Å². The lowest BCUT2D eigenvalue weighted by molar-refractivity contribution is -0.142. The maximum Gasteiger partial charge on any atom is 0.318 e. The standard InChI is InChI=1S/C12H16O2S/c1-10(15)12(13)14-9-5-8-11-6-3-2-4-7-11/h2-4,6-7,10,15H,5,8-9H2,1H3. The first-order chi connectivity index (χ1) is 7.20. The summed E-state index contributed by atoms with van der Waals surface area (Å²) >= 11 is 3.99. The van der Waals surface area contributed by atoms with Crippen molar-refractivity contribution < 1.29 is 9.53 Å². The molecule has 1 aromatic carbocycles. The van der Waals surface area contributed by atoms with Crippen LogP contribution < -0.4 is 0 Å². The van der Waals surface area contributed by atoms with Crippen molar-refractivity contribution in [2.75, 3.05) is 6.61 Å². The first-order valence-corrected chi connectivity index (χ1v) is 5.60. The molecule has 0 spiro atoms. The van der Waals surface area contributed by atoms with Crippen molar-refractivity contribution in [3.8, 4) is 0 Å². The van der Waals surface area contributed by atoms with E-state index >= 15 is 0 Å². The van der Waals surface area contributed by atoms with Crippen LogP contribution in [0.2, 0.25) is 0 Å². The van der Waals surface area contributed by atoms with E-state index in [2.05, 4.69) is 24.8 Å². The van der Waals surface area contributed by atoms with Gasteiger partial charge in [-0.1, -0.05) is 30.3 Å². The summed E-state index contributed by atoms with van der Waals surface area (Å²) in [5, 5.41) is -0.332. The van der Waals surface area contributed by atoms with E-state index in [0.717, 1.165) is 12.8 Å². The number of thiol groups is 1. The Kier molecular flexibility index (Phi) is 5.26. The quantitative estimate of drug-likeness (QED) is 0.472. The zero-order valence-electron chi connectivity index (χ0n) is 8.85. The van der Waals surface area contributed by atoms with Crippen LogP contribution in [0.5, 0.6) is 0 Å². The van der Waals surface area contributed by atoms with E-state index in [1.807, 2.05) is 18.2 Å². The predicted molar refractivity (Wildman–Crippen MR) is 64.2 cm³/mol. The van der Waals surface area contributed by atoms with Gasteiger partial charge in [0.05, 0.1) is 11.9 Å². The van der Waals surface area contributed by atoms with Crippen molar-refractivity contribution in [2.45, 2.75) is 25.0 Å². The molecule has 0 saturated heterocycles. The van der Waals surface area contributed by atoms with Gasteiger partial charge in [-0.15, -0.1) is 0 Å². The third kappa shape index (κ3) is 4.88. The molecule has 82 valence electrons. The average molecular weight is 224 g/mol. The first-order valence-electron chi connectivity index (χ1n) is 5.09. The molecule has 1 unspecified atom stereocenters. The number of aryl methyl sites for hydroxylation is 1. The molecule has 0 fully saturated rings. The monoisotopic (exact) mass is 224 g/mol. The van der Waals surface area contributed by atoms with Crippen molar-refractivity contribution in [2.24, 2.45) is 0 Å². The molecule has 0 heterocycles. The second-order valence-electron chi connectivity index (χ2n) is 3.43. The maximum atomic E-state index is 11.1. The molecule has 0 aromatic heterocycles. The average Bonchev–Trinajstić information content (AvgIpc) is 2.25. The highest BCUT2D eigenvalue weighted by atomic mass is 32.1. The molecule has 15 heavy (non-hydrogen) atoms. The van der Waals surface area contributed by atoms with Crippen LogP contribution in [0.1, 0.15) is 18.9 Å². The molecule has 0 aliphatic rings. The SMILES string of the molecule is CC(S)C(=O)OCCCc1ccccc1. The van der Waals surface area contributed by atoms with Gasteiger partial charge in [0.1, 0.15) is 0 Å². The molecule has 0 aliphatic carbocycles. The summed E-state index contributed by atoms with van der Waals surface area (Å²) in [5.41, 5.74) is 1.27. The molecule has 1 rings (SSSR count). The Morgan fingerprint density at radius 3 is 2.67 bits per heavy atom. The molecule has 0 radical (unpaired) electrons. The smallest absolute Gasteiger partial charge is 0.318 e. The highest BCUT2D eigenvalue weighted by Gasteiger charge is 2.07. The molecule has 0 N–H and O–H groups in total. The molecule has 3 heteroatoms. The molecular weight excluding hydrogens is 208 g/mol. The van der Waals surface area contributed by atoms with Gasteiger partial charge < -0.3 is 4.74 Å². The van der Waals surface area contributed by atoms with E-state index < -0.39 is 0 Å². The van der Waals surface area contributed by atoms with Crippen LogP contribution in [-0.2, 0) is 16.0 Å². The number of hydrogen-bond acceptors (Lipinski definition) is 3. The number of hydrogen-bond donors (Lipinski definition) is 1. The van der Waals surface area contributed by atoms with Gasteiger partial charge in [-0.2, -0.15) is 12.6 Å². The fourth-order valence-electron chi connectivity index (χ4n) is 1.21. The van der Waals surface area contributed by atoms with E-state index in [-0.39, 0.29) is 11.2 Å². The van der Waals surface area contributed by atoms with Crippen LogP contribution in [0.25, 0.3) is 0 Å². The third-order valence-electron chi connectivity index (χ3n) is 2.04. The van der Waals surface area contributed by atoms with Gasteiger partial charge >= 0.3 is 5.97 Å². The molecular formula is C12H16O2S. The first kappa shape index (κ1) is 12.1. The van der Waals surface area contributed by atoms with E-state index in [0.29, 0.717) is 6.61 Å². The second kappa shape index (κ2) is 6.51. The normalized spacial score (nSPS) is 12.1. The lowest BCUT2D eigenvalue weighted by atomic mass is 10.1. The Labute approximate surface area is 96.1 Å². The van der Waals surface area contributed by atoms with Gasteiger partial charge in [-0.3, -0.25) is 4.79 Å². The lowest BCUT2D eigenvalue weighted by Gasteiger charge is -2.06. The van der Waals surface area contributed by atoms with Crippen LogP contribution in [0, 0.1) is 0 Å². The van der Waals surface area contributed by atoms with E-state index in [4.69, 9.17) is 4.74 Å². The van der Waals surface area contributed by atoms with Crippen LogP contribution in [0.15, 0.2) is 30.3 Å². The topological polar surface area (TPSA) is 26.3 Å². The van der Waals surface area contributed by atoms with Gasteiger partial charge in [0, 0.05) is 0 Å². The highest BCUT2D eigenvalue weighted by molar-refractivity contribution is 7.81. The summed E-state index contributed by atoms with van der Waals surface area (Å²) in [6.45, 7) is 2.18. The van der Waals surface area contributed by atoms with Crippen LogP contribution in [0.3, 0.4) is 0 Å². The third-order valence-corrected chi connectivity index (χ3v) is 2.25. The number of ether oxygens (including phenoxy) is 1. The van der Waals surface area contributed by atoms with Gasteiger partial charge in [-0.05, 0) is 25.3 Å². The van der Waals surface area contributed by atoms with Gasteiger partial charge in [0.2, 0.25) is 0 Å². The van der Waals surface area contributed by atoms with Gasteiger partial charge in [0.25, 0.3) is 0 Å². The minimum atomic E-state index is -0.332. The van der Waals surface area contributed by atoms with Crippen LogP contribution >= 0.6 is 12.6 Å². The van der Waals surface area contributed by atoms with Crippen molar-refractivity contribution in [3.63, 3.8) is 0 Å². The van der Waals surface area contributed by atoms with Crippen molar-refractivity contribution >= 4 is 18.6 Å². The summed E-state index contributed by atoms with van der Waals surface area (Å²) in [5.74, 6) is -0.244. The number of benzene rings is 1. The van der Waals surface area contributed by atoms with E-state index in [1.165, 1.54) is 5.56 Å². The molecule has 1 aromatic rings. The summed E-state index contributed by atoms with van der Waals surface area (Å²) in [7, 11) is 0. The molecule has 0 bridgehead atoms. The number of carbonyl (C=O) groups is 1. The zero-order valence-corrected chi connectivity index (χ0v) is 9.74. The Balaban J connectivity index is 2.15. The van der Waals surface area contributed by atoms with Gasteiger partial charge in [0.15, 0.2) is 0 Å². The highest BCUT2D eigenvalue weighted by Crippen LogP contribution is 2.03. The van der Waals surface area contributed by atoms with Crippen LogP contribution in [-0.4, -0.2) is 17.8 Å². The molecule has 0 saturated carbocycles. The largest absolute Gasteiger partial charge is 0.465 e. The molecule has 0 amide bonds. The minimum absolute atomic E-state index is 0.244. The Morgan fingerprint density at radius 1 is 1.40 bits per heavy atom. The van der Waals surface area contributed by atoms with Gasteiger partial charge in [-0.25, -0.2) is 0 Å². The lowest BCUT2D eigenvalue weighted by Crippen LogP contribution is -2.15. The number of esters is 1. The molecule has 2 nitrogen and oxygen atoms in total. The fourth-order valence-corrected chi connectivity index (χ4v) is 1.29. The predicted octanol–water partition coefficient (Wildman–Crippen LogP) is 2.48. The van der Waals surface area contributed by atoms with Crippen LogP contribution in [0.4, 0.5) is 0 Å². The Morgan fingerprint density at radius 2 is 2.07 bits per heavy atom. The number of rotatable bonds is 5. The number of carbonyl (C=O) groups excluding carboxylic acids is 1. The molecule has 1 atom stereocenters. The summed E-state index contributed by atoms with van der Waals surface area (Å²) in [6.07, 6.45) is 1.80. The van der Waals surface area contributed by atoms with E-state index in [9.17, 15) is 4.79 Å². The van der Waals surface area contributed by atoms with Crippen molar-refractivity contribution in [3.05, 3.63) is 35.9 Å². The Hall–Kier alpha value is -0.960. The zero-order chi connectivity index (χ0) is 11.1. The molecule has 0 aliphatic heterocycles. The van der Waals surface area contributed by atoms with Crippen molar-refractivity contribution in [1.29, 1.82) is 0 Å². The minimum Gasteiger partial charge on any atom is -0.465 e.